The van der Waals surface area contributed by atoms with Crippen LogP contribution in [0.15, 0.2) is 12.1 Å². The van der Waals surface area contributed by atoms with E-state index in [1.54, 1.807) is 11.3 Å². The number of carbonyl (C=O) groups excluding carboxylic acids is 1. The maximum Gasteiger partial charge on any atom is 0.182 e. The molecule has 0 N–H and O–H groups in total. The fourth-order valence-corrected chi connectivity index (χ4v) is 4.22. The number of rotatable bonds is 5. The van der Waals surface area contributed by atoms with Crippen LogP contribution in [0.2, 0.25) is 0 Å². The summed E-state index contributed by atoms with van der Waals surface area (Å²) in [6.45, 7) is 2.13. The van der Waals surface area contributed by atoms with Crippen molar-refractivity contribution in [3.8, 4) is 0 Å². The van der Waals surface area contributed by atoms with Crippen molar-refractivity contribution in [3.05, 3.63) is 21.9 Å². The fourth-order valence-electron chi connectivity index (χ4n) is 2.04. The lowest BCUT2D eigenvalue weighted by Crippen LogP contribution is -2.04. The Kier molecular flexibility index (Phi) is 4.47. The first-order valence-electron chi connectivity index (χ1n) is 6.03. The first-order valence-corrected chi connectivity index (χ1v) is 7.89. The van der Waals surface area contributed by atoms with Gasteiger partial charge in [-0.05, 0) is 31.4 Å². The van der Waals surface area contributed by atoms with E-state index in [0.717, 1.165) is 16.5 Å². The Labute approximate surface area is 106 Å². The number of hydrogen-bond acceptors (Lipinski definition) is 3. The SMILES string of the molecule is CCc1ccc(C(=O)CSC2CCCC2)s1. The fraction of sp³-hybridized carbons (Fsp3) is 0.615. The van der Waals surface area contributed by atoms with Crippen molar-refractivity contribution in [1.29, 1.82) is 0 Å². The first-order chi connectivity index (χ1) is 7.79. The van der Waals surface area contributed by atoms with Crippen LogP contribution in [0.5, 0.6) is 0 Å². The molecule has 1 saturated carbocycles. The topological polar surface area (TPSA) is 17.1 Å². The van der Waals surface area contributed by atoms with Gasteiger partial charge in [-0.1, -0.05) is 19.8 Å². The van der Waals surface area contributed by atoms with E-state index in [0.29, 0.717) is 11.5 Å². The molecule has 0 aromatic carbocycles. The lowest BCUT2D eigenvalue weighted by Gasteiger charge is -2.06. The summed E-state index contributed by atoms with van der Waals surface area (Å²) in [5, 5.41) is 0.745. The third-order valence-electron chi connectivity index (χ3n) is 3.04. The molecule has 0 aliphatic heterocycles. The van der Waals surface area contributed by atoms with Crippen molar-refractivity contribution in [2.75, 3.05) is 5.75 Å². The molecular weight excluding hydrogens is 236 g/mol. The number of hydrogen-bond donors (Lipinski definition) is 0. The Morgan fingerprint density at radius 2 is 2.19 bits per heavy atom. The number of thioether (sulfide) groups is 1. The minimum atomic E-state index is 0.321. The van der Waals surface area contributed by atoms with E-state index in [1.165, 1.54) is 30.6 Å². The summed E-state index contributed by atoms with van der Waals surface area (Å²) in [6, 6.07) is 4.07. The smallest absolute Gasteiger partial charge is 0.182 e. The van der Waals surface area contributed by atoms with E-state index in [9.17, 15) is 4.79 Å². The van der Waals surface area contributed by atoms with E-state index in [4.69, 9.17) is 0 Å². The Morgan fingerprint density at radius 1 is 1.44 bits per heavy atom. The molecular formula is C13H18OS2. The summed E-state index contributed by atoms with van der Waals surface area (Å²) in [6.07, 6.45) is 6.36. The summed E-state index contributed by atoms with van der Waals surface area (Å²) in [5.74, 6) is 0.996. The quantitative estimate of drug-likeness (QED) is 0.734. The van der Waals surface area contributed by atoms with Gasteiger partial charge in [0.1, 0.15) is 0 Å². The molecule has 0 unspecified atom stereocenters. The van der Waals surface area contributed by atoms with Crippen LogP contribution in [0.4, 0.5) is 0 Å². The molecule has 3 heteroatoms. The van der Waals surface area contributed by atoms with Crippen molar-refractivity contribution < 1.29 is 4.79 Å². The largest absolute Gasteiger partial charge is 0.292 e. The average molecular weight is 254 g/mol. The van der Waals surface area contributed by atoms with Gasteiger partial charge < -0.3 is 0 Å². The molecule has 0 bridgehead atoms. The molecule has 0 atom stereocenters. The molecule has 1 fully saturated rings. The highest BCUT2D eigenvalue weighted by molar-refractivity contribution is 8.00. The Hall–Kier alpha value is -0.280. The normalized spacial score (nSPS) is 16.8. The van der Waals surface area contributed by atoms with Gasteiger partial charge in [0.15, 0.2) is 5.78 Å². The van der Waals surface area contributed by atoms with Crippen LogP contribution in [-0.2, 0) is 6.42 Å². The van der Waals surface area contributed by atoms with Crippen LogP contribution in [0.3, 0.4) is 0 Å². The van der Waals surface area contributed by atoms with Gasteiger partial charge in [0.2, 0.25) is 0 Å². The van der Waals surface area contributed by atoms with Crippen molar-refractivity contribution >= 4 is 28.9 Å². The molecule has 1 aromatic rings. The Balaban J connectivity index is 1.82. The third kappa shape index (κ3) is 3.11. The van der Waals surface area contributed by atoms with Crippen LogP contribution < -0.4 is 0 Å². The zero-order valence-electron chi connectivity index (χ0n) is 9.70. The second kappa shape index (κ2) is 5.87. The van der Waals surface area contributed by atoms with Gasteiger partial charge in [0.05, 0.1) is 10.6 Å². The molecule has 1 aromatic heterocycles. The summed E-state index contributed by atoms with van der Waals surface area (Å²) in [4.78, 5) is 14.2. The van der Waals surface area contributed by atoms with E-state index < -0.39 is 0 Å². The summed E-state index contributed by atoms with van der Waals surface area (Å²) >= 11 is 3.52. The molecule has 0 amide bonds. The molecule has 88 valence electrons. The number of Topliss-reactive ketones (excluding diaryl/α,β-unsaturated/α-hetero) is 1. The Bertz CT molecular complexity index is 351. The second-order valence-corrected chi connectivity index (χ2v) is 6.72. The molecule has 16 heavy (non-hydrogen) atoms. The predicted molar refractivity (Wildman–Crippen MR) is 72.7 cm³/mol. The van der Waals surface area contributed by atoms with E-state index in [-0.39, 0.29) is 0 Å². The summed E-state index contributed by atoms with van der Waals surface area (Å²) in [5.41, 5.74) is 0. The average Bonchev–Trinajstić information content (AvgIpc) is 2.96. The molecule has 1 nitrogen and oxygen atoms in total. The number of carbonyl (C=O) groups is 1. The van der Waals surface area contributed by atoms with Gasteiger partial charge >= 0.3 is 0 Å². The van der Waals surface area contributed by atoms with Crippen molar-refractivity contribution in [2.24, 2.45) is 0 Å². The summed E-state index contributed by atoms with van der Waals surface area (Å²) in [7, 11) is 0. The molecule has 1 heterocycles. The molecule has 0 saturated heterocycles. The maximum absolute atomic E-state index is 11.9. The lowest BCUT2D eigenvalue weighted by molar-refractivity contribution is 0.102. The van der Waals surface area contributed by atoms with E-state index in [2.05, 4.69) is 13.0 Å². The van der Waals surface area contributed by atoms with Crippen LogP contribution in [-0.4, -0.2) is 16.8 Å². The highest BCUT2D eigenvalue weighted by Gasteiger charge is 2.17. The van der Waals surface area contributed by atoms with Crippen molar-refractivity contribution in [3.63, 3.8) is 0 Å². The molecule has 0 spiro atoms. The predicted octanol–water partition coefficient (Wildman–Crippen LogP) is 4.17. The first kappa shape index (κ1) is 12.2. The van der Waals surface area contributed by atoms with Gasteiger partial charge in [-0.15, -0.1) is 11.3 Å². The van der Waals surface area contributed by atoms with Crippen molar-refractivity contribution in [1.82, 2.24) is 0 Å². The minimum absolute atomic E-state index is 0.321. The highest BCUT2D eigenvalue weighted by Crippen LogP contribution is 2.30. The van der Waals surface area contributed by atoms with Gasteiger partial charge in [-0.25, -0.2) is 0 Å². The highest BCUT2D eigenvalue weighted by atomic mass is 32.2. The van der Waals surface area contributed by atoms with Crippen molar-refractivity contribution in [2.45, 2.75) is 44.3 Å². The van der Waals surface area contributed by atoms with Crippen LogP contribution >= 0.6 is 23.1 Å². The molecule has 1 aliphatic rings. The number of thiophene rings is 1. The van der Waals surface area contributed by atoms with Crippen LogP contribution in [0.1, 0.15) is 47.2 Å². The monoisotopic (exact) mass is 254 g/mol. The zero-order valence-corrected chi connectivity index (χ0v) is 11.3. The van der Waals surface area contributed by atoms with E-state index in [1.807, 2.05) is 17.8 Å². The molecule has 1 aliphatic carbocycles. The van der Waals surface area contributed by atoms with Crippen LogP contribution in [0, 0.1) is 0 Å². The molecule has 2 rings (SSSR count). The summed E-state index contributed by atoms with van der Waals surface area (Å²) < 4.78 is 0. The van der Waals surface area contributed by atoms with Gasteiger partial charge in [-0.3, -0.25) is 4.79 Å². The minimum Gasteiger partial charge on any atom is -0.292 e. The lowest BCUT2D eigenvalue weighted by atomic mass is 10.3. The van der Waals surface area contributed by atoms with Gasteiger partial charge in [0.25, 0.3) is 0 Å². The molecule has 0 radical (unpaired) electrons. The van der Waals surface area contributed by atoms with Gasteiger partial charge in [0, 0.05) is 10.1 Å². The number of ketones is 1. The third-order valence-corrected chi connectivity index (χ3v) is 5.68. The maximum atomic E-state index is 11.9. The van der Waals surface area contributed by atoms with Crippen LogP contribution in [0.25, 0.3) is 0 Å². The second-order valence-electron chi connectivity index (χ2n) is 4.26. The van der Waals surface area contributed by atoms with E-state index >= 15 is 0 Å². The Morgan fingerprint density at radius 3 is 2.81 bits per heavy atom. The number of aryl methyl sites for hydroxylation is 1. The van der Waals surface area contributed by atoms with Gasteiger partial charge in [-0.2, -0.15) is 11.8 Å². The standard InChI is InChI=1S/C13H18OS2/c1-2-10-7-8-13(16-10)12(14)9-15-11-5-3-4-6-11/h7-8,11H,2-6,9H2,1H3. The zero-order chi connectivity index (χ0) is 11.4.